The van der Waals surface area contributed by atoms with E-state index in [0.29, 0.717) is 19.5 Å². The fourth-order valence-electron chi connectivity index (χ4n) is 3.69. The van der Waals surface area contributed by atoms with Gasteiger partial charge < -0.3 is 13.9 Å². The molecule has 0 saturated heterocycles. The van der Waals surface area contributed by atoms with Crippen molar-refractivity contribution in [1.82, 2.24) is 29.1 Å². The van der Waals surface area contributed by atoms with E-state index in [2.05, 4.69) is 26.6 Å². The number of amides is 1. The van der Waals surface area contributed by atoms with Gasteiger partial charge in [-0.05, 0) is 25.2 Å². The van der Waals surface area contributed by atoms with Crippen LogP contribution in [-0.2, 0) is 44.3 Å². The minimum atomic E-state index is 0.126. The van der Waals surface area contributed by atoms with Crippen LogP contribution < -0.4 is 0 Å². The van der Waals surface area contributed by atoms with E-state index in [-0.39, 0.29) is 5.91 Å². The summed E-state index contributed by atoms with van der Waals surface area (Å²) in [6, 6.07) is 5.79. The van der Waals surface area contributed by atoms with E-state index in [0.717, 1.165) is 43.3 Å². The van der Waals surface area contributed by atoms with Crippen molar-refractivity contribution in [2.75, 3.05) is 20.1 Å². The molecular weight excluding hydrogens is 356 g/mol. The molecular formula is C20H26N6O2. The highest BCUT2D eigenvalue weighted by atomic mass is 16.3. The molecule has 0 aromatic carbocycles. The number of hydrogen-bond donors (Lipinski definition) is 0. The number of rotatable bonds is 6. The zero-order valence-electron chi connectivity index (χ0n) is 16.4. The predicted octanol–water partition coefficient (Wildman–Crippen LogP) is 1.47. The number of hydrogen-bond acceptors (Lipinski definition) is 5. The Morgan fingerprint density at radius 1 is 1.25 bits per heavy atom. The Balaban J connectivity index is 1.37. The molecule has 0 atom stereocenters. The molecule has 4 heterocycles. The van der Waals surface area contributed by atoms with E-state index >= 15 is 0 Å². The summed E-state index contributed by atoms with van der Waals surface area (Å²) in [7, 11) is 3.94. The SMILES string of the molecule is CN(Cc1ccco1)Cc1cnc2n1CCN(C(=O)Cc1ccn(C)n1)CC2. The standard InChI is InChI=1S/C20H26N6O2/c1-23(15-18-4-3-11-28-18)14-17-13-21-19-6-8-25(9-10-26(17)19)20(27)12-16-5-7-24(2)22-16/h3-5,7,11,13H,6,8-10,12,14-15H2,1-2H3. The van der Waals surface area contributed by atoms with Gasteiger partial charge in [0.25, 0.3) is 0 Å². The quantitative estimate of drug-likeness (QED) is 0.646. The summed E-state index contributed by atoms with van der Waals surface area (Å²) in [4.78, 5) is 21.4. The van der Waals surface area contributed by atoms with Crippen molar-refractivity contribution in [1.29, 1.82) is 0 Å². The zero-order chi connectivity index (χ0) is 19.5. The van der Waals surface area contributed by atoms with Crippen LogP contribution in [-0.4, -0.2) is 55.2 Å². The molecule has 0 spiro atoms. The molecule has 0 unspecified atom stereocenters. The van der Waals surface area contributed by atoms with Crippen molar-refractivity contribution in [3.8, 4) is 0 Å². The first-order chi connectivity index (χ1) is 13.6. The van der Waals surface area contributed by atoms with Gasteiger partial charge in [0, 0.05) is 52.0 Å². The van der Waals surface area contributed by atoms with Crippen LogP contribution in [0.1, 0.15) is 23.0 Å². The largest absolute Gasteiger partial charge is 0.468 e. The molecule has 0 fully saturated rings. The summed E-state index contributed by atoms with van der Waals surface area (Å²) in [5.41, 5.74) is 1.98. The maximum Gasteiger partial charge on any atom is 0.228 e. The van der Waals surface area contributed by atoms with Crippen LogP contribution in [0.3, 0.4) is 0 Å². The van der Waals surface area contributed by atoms with E-state index in [1.54, 1.807) is 10.9 Å². The van der Waals surface area contributed by atoms with Crippen molar-refractivity contribution >= 4 is 5.91 Å². The number of imidazole rings is 1. The van der Waals surface area contributed by atoms with E-state index in [4.69, 9.17) is 4.42 Å². The molecule has 28 heavy (non-hydrogen) atoms. The lowest BCUT2D eigenvalue weighted by Gasteiger charge is -2.20. The second-order valence-electron chi connectivity index (χ2n) is 7.36. The molecule has 8 heteroatoms. The van der Waals surface area contributed by atoms with Gasteiger partial charge in [-0.15, -0.1) is 0 Å². The first-order valence-electron chi connectivity index (χ1n) is 9.59. The second kappa shape index (κ2) is 8.02. The Hall–Kier alpha value is -2.87. The average Bonchev–Trinajstić information content (AvgIpc) is 3.36. The fraction of sp³-hybridized carbons (Fsp3) is 0.450. The van der Waals surface area contributed by atoms with Crippen LogP contribution in [0, 0.1) is 0 Å². The number of carbonyl (C=O) groups is 1. The van der Waals surface area contributed by atoms with Gasteiger partial charge >= 0.3 is 0 Å². The summed E-state index contributed by atoms with van der Waals surface area (Å²) in [6.07, 6.45) is 6.65. The summed E-state index contributed by atoms with van der Waals surface area (Å²) in [6.45, 7) is 3.71. The van der Waals surface area contributed by atoms with Crippen LogP contribution in [0.4, 0.5) is 0 Å². The van der Waals surface area contributed by atoms with E-state index < -0.39 is 0 Å². The summed E-state index contributed by atoms with van der Waals surface area (Å²) in [5.74, 6) is 2.12. The molecule has 1 aliphatic heterocycles. The monoisotopic (exact) mass is 382 g/mol. The smallest absolute Gasteiger partial charge is 0.228 e. The maximum atomic E-state index is 12.7. The third kappa shape index (κ3) is 4.17. The average molecular weight is 382 g/mol. The Morgan fingerprint density at radius 3 is 2.89 bits per heavy atom. The topological polar surface area (TPSA) is 72.3 Å². The fourth-order valence-corrected chi connectivity index (χ4v) is 3.69. The van der Waals surface area contributed by atoms with Gasteiger partial charge in [0.15, 0.2) is 0 Å². The van der Waals surface area contributed by atoms with Gasteiger partial charge in [0.05, 0.1) is 30.6 Å². The van der Waals surface area contributed by atoms with Crippen molar-refractivity contribution < 1.29 is 9.21 Å². The van der Waals surface area contributed by atoms with Crippen LogP contribution in [0.15, 0.2) is 41.3 Å². The van der Waals surface area contributed by atoms with Crippen LogP contribution in [0.2, 0.25) is 0 Å². The lowest BCUT2D eigenvalue weighted by Crippen LogP contribution is -2.35. The third-order valence-electron chi connectivity index (χ3n) is 5.11. The third-order valence-corrected chi connectivity index (χ3v) is 5.11. The number of fused-ring (bicyclic) bond motifs is 1. The van der Waals surface area contributed by atoms with E-state index in [1.807, 2.05) is 42.5 Å². The van der Waals surface area contributed by atoms with Gasteiger partial charge in [0.1, 0.15) is 11.6 Å². The summed E-state index contributed by atoms with van der Waals surface area (Å²) < 4.78 is 9.42. The van der Waals surface area contributed by atoms with Crippen molar-refractivity contribution in [2.45, 2.75) is 32.5 Å². The molecule has 148 valence electrons. The number of aromatic nitrogens is 4. The van der Waals surface area contributed by atoms with Crippen LogP contribution in [0.25, 0.3) is 0 Å². The molecule has 0 radical (unpaired) electrons. The Bertz CT molecular complexity index is 927. The number of carbonyl (C=O) groups excluding carboxylic acids is 1. The highest BCUT2D eigenvalue weighted by Crippen LogP contribution is 2.15. The Labute approximate surface area is 164 Å². The molecule has 3 aromatic heterocycles. The van der Waals surface area contributed by atoms with Crippen molar-refractivity contribution in [2.24, 2.45) is 7.05 Å². The number of aryl methyl sites for hydroxylation is 1. The summed E-state index contributed by atoms with van der Waals surface area (Å²) >= 11 is 0. The molecule has 0 aliphatic carbocycles. The lowest BCUT2D eigenvalue weighted by atomic mass is 10.2. The minimum Gasteiger partial charge on any atom is -0.468 e. The Morgan fingerprint density at radius 2 is 2.14 bits per heavy atom. The van der Waals surface area contributed by atoms with Gasteiger partial charge in [0.2, 0.25) is 5.91 Å². The molecule has 0 N–H and O–H groups in total. The number of furan rings is 1. The number of nitrogens with zero attached hydrogens (tertiary/aromatic N) is 6. The lowest BCUT2D eigenvalue weighted by molar-refractivity contribution is -0.130. The van der Waals surface area contributed by atoms with E-state index in [1.165, 1.54) is 5.69 Å². The predicted molar refractivity (Wildman–Crippen MR) is 103 cm³/mol. The van der Waals surface area contributed by atoms with Gasteiger partial charge in [-0.25, -0.2) is 4.98 Å². The molecule has 0 bridgehead atoms. The first-order valence-corrected chi connectivity index (χ1v) is 9.59. The molecule has 3 aromatic rings. The normalized spacial score (nSPS) is 14.3. The maximum absolute atomic E-state index is 12.7. The minimum absolute atomic E-state index is 0.126. The van der Waals surface area contributed by atoms with E-state index in [9.17, 15) is 4.79 Å². The molecule has 1 aliphatic rings. The highest BCUT2D eigenvalue weighted by molar-refractivity contribution is 5.78. The Kier molecular flexibility index (Phi) is 5.29. The molecule has 4 rings (SSSR count). The second-order valence-corrected chi connectivity index (χ2v) is 7.36. The first kappa shape index (κ1) is 18.5. The van der Waals surface area contributed by atoms with Gasteiger partial charge in [-0.2, -0.15) is 5.10 Å². The van der Waals surface area contributed by atoms with Crippen molar-refractivity contribution in [3.63, 3.8) is 0 Å². The molecule has 8 nitrogen and oxygen atoms in total. The summed E-state index contributed by atoms with van der Waals surface area (Å²) in [5, 5.41) is 4.31. The van der Waals surface area contributed by atoms with Crippen LogP contribution >= 0.6 is 0 Å². The highest BCUT2D eigenvalue weighted by Gasteiger charge is 2.22. The molecule has 1 amide bonds. The molecule has 0 saturated carbocycles. The van der Waals surface area contributed by atoms with Crippen molar-refractivity contribution in [3.05, 3.63) is 59.8 Å². The van der Waals surface area contributed by atoms with Crippen LogP contribution in [0.5, 0.6) is 0 Å². The zero-order valence-corrected chi connectivity index (χ0v) is 16.4. The van der Waals surface area contributed by atoms with Gasteiger partial charge in [-0.1, -0.05) is 0 Å². The van der Waals surface area contributed by atoms with Gasteiger partial charge in [-0.3, -0.25) is 14.4 Å².